The Morgan fingerprint density at radius 2 is 2.12 bits per heavy atom. The molecule has 1 aromatic carbocycles. The lowest BCUT2D eigenvalue weighted by Crippen LogP contribution is -2.07. The number of halogens is 3. The highest BCUT2D eigenvalue weighted by molar-refractivity contribution is 5.30. The maximum atomic E-state index is 12.4. The minimum Gasteiger partial charge on any atom is -0.352 e. The Hall–Kier alpha value is -1.98. The van der Waals surface area contributed by atoms with Crippen LogP contribution in [0.15, 0.2) is 36.7 Å². The van der Waals surface area contributed by atoms with Gasteiger partial charge in [0.05, 0.1) is 5.56 Å². The first-order chi connectivity index (χ1) is 8.05. The van der Waals surface area contributed by atoms with Gasteiger partial charge in [0.25, 0.3) is 0 Å². The van der Waals surface area contributed by atoms with Gasteiger partial charge in [0, 0.05) is 18.9 Å². The summed E-state index contributed by atoms with van der Waals surface area (Å²) in [6, 6.07) is 5.19. The Morgan fingerprint density at radius 3 is 2.76 bits per heavy atom. The molecule has 0 aliphatic carbocycles. The summed E-state index contributed by atoms with van der Waals surface area (Å²) in [5.41, 5.74) is -0.0903. The normalized spacial score (nSPS) is 11.5. The largest absolute Gasteiger partial charge is 0.416 e. The molecule has 0 bridgehead atoms. The van der Waals surface area contributed by atoms with E-state index in [1.807, 2.05) is 0 Å². The fraction of sp³-hybridized carbons (Fsp3) is 0.182. The molecule has 2 N–H and O–H groups in total. The van der Waals surface area contributed by atoms with Crippen molar-refractivity contribution >= 4 is 5.95 Å². The van der Waals surface area contributed by atoms with Crippen molar-refractivity contribution < 1.29 is 13.2 Å². The van der Waals surface area contributed by atoms with Crippen LogP contribution in [0.5, 0.6) is 0 Å². The van der Waals surface area contributed by atoms with Crippen molar-refractivity contribution in [2.45, 2.75) is 12.7 Å². The number of benzene rings is 1. The Kier molecular flexibility index (Phi) is 3.03. The molecule has 0 aliphatic heterocycles. The molecule has 6 heteroatoms. The second-order valence-electron chi connectivity index (χ2n) is 3.49. The number of imidazole rings is 1. The fourth-order valence-corrected chi connectivity index (χ4v) is 1.41. The number of nitrogens with zero attached hydrogens (tertiary/aromatic N) is 1. The quantitative estimate of drug-likeness (QED) is 0.867. The molecular formula is C11H10F3N3. The van der Waals surface area contributed by atoms with Gasteiger partial charge in [-0.2, -0.15) is 13.2 Å². The van der Waals surface area contributed by atoms with Crippen molar-refractivity contribution in [3.05, 3.63) is 47.8 Å². The zero-order valence-corrected chi connectivity index (χ0v) is 8.75. The second kappa shape index (κ2) is 4.48. The van der Waals surface area contributed by atoms with Gasteiger partial charge in [-0.05, 0) is 17.7 Å². The molecule has 3 nitrogen and oxygen atoms in total. The monoisotopic (exact) mass is 241 g/mol. The standard InChI is InChI=1S/C11H10F3N3/c12-11(13,14)9-3-1-2-8(6-9)7-17-10-15-4-5-16-10/h1-6H,7H2,(H2,15,16,17). The first-order valence-electron chi connectivity index (χ1n) is 4.95. The van der Waals surface area contributed by atoms with Crippen LogP contribution in [0.1, 0.15) is 11.1 Å². The Labute approximate surface area is 95.7 Å². The van der Waals surface area contributed by atoms with Crippen molar-refractivity contribution in [3.63, 3.8) is 0 Å². The van der Waals surface area contributed by atoms with Gasteiger partial charge in [0.15, 0.2) is 5.95 Å². The van der Waals surface area contributed by atoms with Gasteiger partial charge in [-0.15, -0.1) is 0 Å². The summed E-state index contributed by atoms with van der Waals surface area (Å²) in [7, 11) is 0. The molecule has 0 radical (unpaired) electrons. The third kappa shape index (κ3) is 2.99. The lowest BCUT2D eigenvalue weighted by molar-refractivity contribution is -0.137. The molecule has 0 spiro atoms. The number of anilines is 1. The minimum atomic E-state index is -4.30. The fourth-order valence-electron chi connectivity index (χ4n) is 1.41. The maximum Gasteiger partial charge on any atom is 0.416 e. The molecule has 0 saturated carbocycles. The first-order valence-corrected chi connectivity index (χ1v) is 4.95. The number of hydrogen-bond acceptors (Lipinski definition) is 2. The van der Waals surface area contributed by atoms with Crippen LogP contribution in [-0.4, -0.2) is 9.97 Å². The van der Waals surface area contributed by atoms with E-state index in [0.29, 0.717) is 11.5 Å². The van der Waals surface area contributed by atoms with Crippen LogP contribution in [0.4, 0.5) is 19.1 Å². The van der Waals surface area contributed by atoms with Crippen LogP contribution >= 0.6 is 0 Å². The molecule has 90 valence electrons. The molecule has 17 heavy (non-hydrogen) atoms. The van der Waals surface area contributed by atoms with Crippen LogP contribution in [-0.2, 0) is 12.7 Å². The predicted octanol–water partition coefficient (Wildman–Crippen LogP) is 3.04. The van der Waals surface area contributed by atoms with E-state index < -0.39 is 11.7 Å². The van der Waals surface area contributed by atoms with Crippen LogP contribution in [0.3, 0.4) is 0 Å². The lowest BCUT2D eigenvalue weighted by atomic mass is 10.1. The van der Waals surface area contributed by atoms with Crippen molar-refractivity contribution in [2.24, 2.45) is 0 Å². The van der Waals surface area contributed by atoms with E-state index in [9.17, 15) is 13.2 Å². The Morgan fingerprint density at radius 1 is 1.29 bits per heavy atom. The molecule has 1 heterocycles. The Balaban J connectivity index is 2.07. The molecular weight excluding hydrogens is 231 g/mol. The van der Waals surface area contributed by atoms with Gasteiger partial charge in [-0.1, -0.05) is 12.1 Å². The van der Waals surface area contributed by atoms with Crippen LogP contribution in [0, 0.1) is 0 Å². The predicted molar refractivity (Wildman–Crippen MR) is 57.4 cm³/mol. The third-order valence-corrected chi connectivity index (χ3v) is 2.21. The highest BCUT2D eigenvalue weighted by atomic mass is 19.4. The van der Waals surface area contributed by atoms with Crippen molar-refractivity contribution in [3.8, 4) is 0 Å². The third-order valence-electron chi connectivity index (χ3n) is 2.21. The van der Waals surface area contributed by atoms with Gasteiger partial charge in [-0.3, -0.25) is 0 Å². The zero-order valence-electron chi connectivity index (χ0n) is 8.75. The number of H-pyrrole nitrogens is 1. The van der Waals surface area contributed by atoms with E-state index in [0.717, 1.165) is 12.1 Å². The van der Waals surface area contributed by atoms with Crippen LogP contribution in [0.25, 0.3) is 0 Å². The van der Waals surface area contributed by atoms with Gasteiger partial charge >= 0.3 is 6.18 Å². The van der Waals surface area contributed by atoms with E-state index in [1.54, 1.807) is 18.5 Å². The SMILES string of the molecule is FC(F)(F)c1cccc(CNc2ncc[nH]2)c1. The number of alkyl halides is 3. The molecule has 0 fully saturated rings. The highest BCUT2D eigenvalue weighted by Gasteiger charge is 2.30. The molecule has 0 saturated heterocycles. The zero-order chi connectivity index (χ0) is 12.3. The van der Waals surface area contributed by atoms with E-state index >= 15 is 0 Å². The lowest BCUT2D eigenvalue weighted by Gasteiger charge is -2.09. The van der Waals surface area contributed by atoms with Gasteiger partial charge < -0.3 is 10.3 Å². The van der Waals surface area contributed by atoms with Crippen molar-refractivity contribution in [1.29, 1.82) is 0 Å². The maximum absolute atomic E-state index is 12.4. The number of hydrogen-bond donors (Lipinski definition) is 2. The van der Waals surface area contributed by atoms with E-state index in [4.69, 9.17) is 0 Å². The number of nitrogens with one attached hydrogen (secondary N) is 2. The first kappa shape index (κ1) is 11.5. The molecule has 2 aromatic rings. The van der Waals surface area contributed by atoms with Gasteiger partial charge in [-0.25, -0.2) is 4.98 Å². The average molecular weight is 241 g/mol. The van der Waals surface area contributed by atoms with Crippen LogP contribution in [0.2, 0.25) is 0 Å². The van der Waals surface area contributed by atoms with E-state index in [1.165, 1.54) is 6.07 Å². The molecule has 0 unspecified atom stereocenters. The Bertz CT molecular complexity index is 477. The van der Waals surface area contributed by atoms with Crippen molar-refractivity contribution in [1.82, 2.24) is 9.97 Å². The second-order valence-corrected chi connectivity index (χ2v) is 3.49. The van der Waals surface area contributed by atoms with E-state index in [2.05, 4.69) is 15.3 Å². The summed E-state index contributed by atoms with van der Waals surface area (Å²) >= 11 is 0. The van der Waals surface area contributed by atoms with Gasteiger partial charge in [0.1, 0.15) is 0 Å². The molecule has 0 atom stereocenters. The summed E-state index contributed by atoms with van der Waals surface area (Å²) < 4.78 is 37.3. The minimum absolute atomic E-state index is 0.289. The molecule has 0 aliphatic rings. The average Bonchev–Trinajstić information content (AvgIpc) is 2.78. The summed E-state index contributed by atoms with van der Waals surface area (Å²) in [5.74, 6) is 0.530. The summed E-state index contributed by atoms with van der Waals surface area (Å²) in [6.45, 7) is 0.289. The topological polar surface area (TPSA) is 40.7 Å². The number of aromatic nitrogens is 2. The summed E-state index contributed by atoms with van der Waals surface area (Å²) in [4.78, 5) is 6.72. The molecule has 0 amide bonds. The van der Waals surface area contributed by atoms with E-state index in [-0.39, 0.29) is 6.54 Å². The smallest absolute Gasteiger partial charge is 0.352 e. The molecule has 1 aromatic heterocycles. The van der Waals surface area contributed by atoms with Crippen LogP contribution < -0.4 is 5.32 Å². The highest BCUT2D eigenvalue weighted by Crippen LogP contribution is 2.29. The summed E-state index contributed by atoms with van der Waals surface area (Å²) in [6.07, 6.45) is -1.11. The summed E-state index contributed by atoms with van der Waals surface area (Å²) in [5, 5.41) is 2.89. The van der Waals surface area contributed by atoms with Crippen molar-refractivity contribution in [2.75, 3.05) is 5.32 Å². The van der Waals surface area contributed by atoms with Gasteiger partial charge in [0.2, 0.25) is 0 Å². The number of rotatable bonds is 3. The number of aromatic amines is 1. The molecule has 2 rings (SSSR count).